The fourth-order valence-corrected chi connectivity index (χ4v) is 10.7. The molecule has 0 amide bonds. The minimum absolute atomic E-state index is 0.0882. The van der Waals surface area contributed by atoms with E-state index in [1.54, 1.807) is 18.6 Å². The van der Waals surface area contributed by atoms with Gasteiger partial charge in [-0.3, -0.25) is 15.0 Å². The van der Waals surface area contributed by atoms with Gasteiger partial charge in [-0.15, -0.1) is 0 Å². The predicted molar refractivity (Wildman–Crippen MR) is 343 cm³/mol. The Hall–Kier alpha value is -13.8. The van der Waals surface area contributed by atoms with Crippen molar-refractivity contribution in [3.8, 4) is 159 Å². The standard InChI is InChI=1S/C75H39N15/c1-80-71-37-60(41-78)87-74(89-71)53-28-31-69(83-44-53)50-23-17-47(18-24-50)63-10-4-7-13-66(63)56-33-55(65-12-6-3-9-62(65)46-15-21-49(22-16-46)68-30-27-52(43-82-68)73-85-58(39-76)36-59(40-77)86-73)34-57(35-56)67-14-8-5-11-64(67)48-19-25-51(26-20-48)70-32-29-54(45-84-70)75-88-61(42-79)38-72(81-2)90-75/h3-38,43-45H. The highest BCUT2D eigenvalue weighted by atomic mass is 15.0. The van der Waals surface area contributed by atoms with E-state index in [9.17, 15) is 21.0 Å². The lowest BCUT2D eigenvalue weighted by atomic mass is 9.86. The topological polar surface area (TPSA) is 220 Å². The maximum Gasteiger partial charge on any atom is 0.274 e. The monoisotopic (exact) mass is 1150 g/mol. The van der Waals surface area contributed by atoms with E-state index in [0.717, 1.165) is 101 Å². The van der Waals surface area contributed by atoms with E-state index < -0.39 is 0 Å². The molecule has 15 heteroatoms. The molecule has 0 saturated heterocycles. The first-order valence-electron chi connectivity index (χ1n) is 27.9. The van der Waals surface area contributed by atoms with Crippen LogP contribution in [0.2, 0.25) is 0 Å². The first-order valence-corrected chi connectivity index (χ1v) is 27.9. The number of rotatable bonds is 12. The maximum atomic E-state index is 9.50. The van der Waals surface area contributed by atoms with Crippen molar-refractivity contribution in [1.82, 2.24) is 44.9 Å². The molecule has 0 bridgehead atoms. The van der Waals surface area contributed by atoms with E-state index in [0.29, 0.717) is 16.7 Å². The van der Waals surface area contributed by atoms with Crippen molar-refractivity contribution in [2.45, 2.75) is 0 Å². The summed E-state index contributed by atoms with van der Waals surface area (Å²) in [6.45, 7) is 14.9. The molecule has 0 aliphatic heterocycles. The summed E-state index contributed by atoms with van der Waals surface area (Å²) in [5.74, 6) is 0.950. The second-order valence-electron chi connectivity index (χ2n) is 20.5. The molecule has 13 aromatic rings. The van der Waals surface area contributed by atoms with Gasteiger partial charge in [0, 0.05) is 59.0 Å². The molecular weight excluding hydrogens is 1110 g/mol. The molecule has 414 valence electrons. The predicted octanol–water partition coefficient (Wildman–Crippen LogP) is 16.8. The Labute approximate surface area is 516 Å². The van der Waals surface area contributed by atoms with E-state index in [1.165, 1.54) is 18.2 Å². The number of aromatic nitrogens is 9. The first-order chi connectivity index (χ1) is 44.2. The van der Waals surface area contributed by atoms with Crippen molar-refractivity contribution in [3.05, 3.63) is 283 Å². The van der Waals surface area contributed by atoms with E-state index in [2.05, 4.69) is 191 Å². The summed E-state index contributed by atoms with van der Waals surface area (Å²) >= 11 is 0. The van der Waals surface area contributed by atoms with Crippen molar-refractivity contribution in [3.63, 3.8) is 0 Å². The molecule has 0 atom stereocenters. The van der Waals surface area contributed by atoms with Crippen molar-refractivity contribution in [1.29, 1.82) is 21.0 Å². The Kier molecular flexibility index (Phi) is 15.0. The number of hydrogen-bond acceptors (Lipinski definition) is 13. The maximum absolute atomic E-state index is 9.50. The molecule has 0 spiro atoms. The fourth-order valence-electron chi connectivity index (χ4n) is 10.7. The zero-order valence-corrected chi connectivity index (χ0v) is 47.2. The molecule has 0 saturated carbocycles. The van der Waals surface area contributed by atoms with Gasteiger partial charge in [-0.25, -0.2) is 9.97 Å². The molecule has 6 aromatic heterocycles. The third-order valence-electron chi connectivity index (χ3n) is 15.0. The summed E-state index contributed by atoms with van der Waals surface area (Å²) in [6, 6.07) is 80.2. The van der Waals surface area contributed by atoms with Crippen LogP contribution in [0.3, 0.4) is 0 Å². The molecular formula is C75H39N15. The van der Waals surface area contributed by atoms with Gasteiger partial charge in [0.2, 0.25) is 0 Å². The van der Waals surface area contributed by atoms with Gasteiger partial charge in [-0.1, -0.05) is 169 Å². The second-order valence-corrected chi connectivity index (χ2v) is 20.5. The fraction of sp³-hybridized carbons (Fsp3) is 0. The molecule has 0 fully saturated rings. The van der Waals surface area contributed by atoms with E-state index >= 15 is 0 Å². The first kappa shape index (κ1) is 55.4. The average Bonchev–Trinajstić information content (AvgIpc) is 0.976. The Morgan fingerprint density at radius 2 is 0.500 bits per heavy atom. The Morgan fingerprint density at radius 1 is 0.256 bits per heavy atom. The Morgan fingerprint density at radius 3 is 0.756 bits per heavy atom. The average molecular weight is 1150 g/mol. The molecule has 6 heterocycles. The summed E-state index contributed by atoms with van der Waals surface area (Å²) in [4.78, 5) is 46.8. The molecule has 15 nitrogen and oxygen atoms in total. The lowest BCUT2D eigenvalue weighted by Crippen LogP contribution is -1.96. The minimum atomic E-state index is 0.0882. The van der Waals surface area contributed by atoms with Crippen molar-refractivity contribution in [2.24, 2.45) is 0 Å². The summed E-state index contributed by atoms with van der Waals surface area (Å²) < 4.78 is 0. The van der Waals surface area contributed by atoms with Gasteiger partial charge in [0.15, 0.2) is 5.82 Å². The van der Waals surface area contributed by atoms with Crippen LogP contribution in [-0.2, 0) is 0 Å². The Balaban J connectivity index is 0.861. The van der Waals surface area contributed by atoms with Crippen molar-refractivity contribution < 1.29 is 0 Å². The van der Waals surface area contributed by atoms with Gasteiger partial charge in [-0.05, 0) is 121 Å². The van der Waals surface area contributed by atoms with Crippen LogP contribution in [0.1, 0.15) is 22.8 Å². The SMILES string of the molecule is [C-]#[N+]c1cc(C#N)nc(-c2ccc(-c3ccc(-c4ccccc4-c4cc(-c5ccccc5-c5ccc(-c6ccc(-c7nc(C#N)cc(C#N)n7)cn6)cc5)cc(-c5ccccc5-c5ccc(-c6ccc(-c7nc(C#N)cc([N+]#[C-])n7)cn6)cc5)c4)cc3)nc2)n1. The lowest BCUT2D eigenvalue weighted by Gasteiger charge is -2.18. The second kappa shape index (κ2) is 24.4. The number of benzene rings is 7. The normalized spacial score (nSPS) is 10.6. The third kappa shape index (κ3) is 11.3. The molecule has 0 N–H and O–H groups in total. The number of hydrogen-bond donors (Lipinski definition) is 0. The van der Waals surface area contributed by atoms with Crippen LogP contribution in [-0.4, -0.2) is 44.9 Å². The van der Waals surface area contributed by atoms with Gasteiger partial charge < -0.3 is 9.69 Å². The third-order valence-corrected chi connectivity index (χ3v) is 15.0. The quantitative estimate of drug-likeness (QED) is 0.104. The molecule has 0 unspecified atom stereocenters. The highest BCUT2D eigenvalue weighted by molar-refractivity contribution is 5.94. The minimum Gasteiger partial charge on any atom is -0.360 e. The van der Waals surface area contributed by atoms with Crippen LogP contribution in [0, 0.1) is 58.5 Å². The van der Waals surface area contributed by atoms with E-state index in [1.807, 2.05) is 72.8 Å². The van der Waals surface area contributed by atoms with Crippen LogP contribution < -0.4 is 0 Å². The van der Waals surface area contributed by atoms with Crippen LogP contribution in [0.15, 0.2) is 237 Å². The molecule has 90 heavy (non-hydrogen) atoms. The zero-order valence-electron chi connectivity index (χ0n) is 47.2. The molecule has 0 radical (unpaired) electrons. The largest absolute Gasteiger partial charge is 0.360 e. The van der Waals surface area contributed by atoms with Gasteiger partial charge >= 0.3 is 0 Å². The lowest BCUT2D eigenvalue weighted by molar-refractivity contribution is 1.12. The molecule has 0 aliphatic carbocycles. The summed E-state index contributed by atoms with van der Waals surface area (Å²) in [5, 5.41) is 38.0. The highest BCUT2D eigenvalue weighted by Crippen LogP contribution is 2.43. The summed E-state index contributed by atoms with van der Waals surface area (Å²) in [5.41, 5.74) is 19.3. The van der Waals surface area contributed by atoms with Crippen LogP contribution in [0.25, 0.3) is 144 Å². The smallest absolute Gasteiger partial charge is 0.274 e. The van der Waals surface area contributed by atoms with E-state index in [4.69, 9.17) is 28.1 Å². The van der Waals surface area contributed by atoms with Gasteiger partial charge in [0.05, 0.1) is 28.2 Å². The van der Waals surface area contributed by atoms with E-state index in [-0.39, 0.29) is 51.9 Å². The van der Waals surface area contributed by atoms with Crippen molar-refractivity contribution in [2.75, 3.05) is 0 Å². The van der Waals surface area contributed by atoms with Gasteiger partial charge in [-0.2, -0.15) is 31.0 Å². The summed E-state index contributed by atoms with van der Waals surface area (Å²) in [6.07, 6.45) is 4.95. The summed E-state index contributed by atoms with van der Waals surface area (Å²) in [7, 11) is 0. The van der Waals surface area contributed by atoms with Gasteiger partial charge in [0.25, 0.3) is 23.3 Å². The number of nitrogens with zero attached hydrogens (tertiary/aromatic N) is 15. The van der Waals surface area contributed by atoms with Crippen LogP contribution >= 0.6 is 0 Å². The van der Waals surface area contributed by atoms with Crippen molar-refractivity contribution >= 4 is 11.6 Å². The molecule has 0 aliphatic rings. The number of pyridine rings is 3. The Bertz CT molecular complexity index is 4590. The number of nitriles is 4. The van der Waals surface area contributed by atoms with Crippen LogP contribution in [0.4, 0.5) is 11.6 Å². The van der Waals surface area contributed by atoms with Gasteiger partial charge in [0.1, 0.15) is 47.1 Å². The molecule has 13 rings (SSSR count). The highest BCUT2D eigenvalue weighted by Gasteiger charge is 2.19. The molecule has 7 aromatic carbocycles. The zero-order chi connectivity index (χ0) is 61.5. The van der Waals surface area contributed by atoms with Crippen LogP contribution in [0.5, 0.6) is 0 Å².